The molecule has 0 radical (unpaired) electrons. The molecule has 88 valence electrons. The third-order valence-corrected chi connectivity index (χ3v) is 2.74. The first-order chi connectivity index (χ1) is 7.56. The molecule has 0 aliphatic carbocycles. The van der Waals surface area contributed by atoms with E-state index in [4.69, 9.17) is 23.2 Å². The first kappa shape index (κ1) is 13.0. The van der Waals surface area contributed by atoms with Gasteiger partial charge < -0.3 is 5.32 Å². The largest absolute Gasteiger partial charge is 0.359 e. The summed E-state index contributed by atoms with van der Waals surface area (Å²) in [7, 11) is 1.56. The Bertz CT molecular complexity index is 445. The summed E-state index contributed by atoms with van der Waals surface area (Å²) in [6.45, 7) is 0.336. The van der Waals surface area contributed by atoms with Gasteiger partial charge in [-0.2, -0.15) is 5.10 Å². The molecule has 0 spiro atoms. The molecule has 1 rings (SSSR count). The Balaban J connectivity index is 2.65. The zero-order chi connectivity index (χ0) is 12.1. The Hall–Kier alpha value is -1.07. The molecule has 0 aliphatic heterocycles. The SMILES string of the molecule is CNC(=O)CCCn1ncc(Cl)c(Cl)c1=O. The molecule has 5 nitrogen and oxygen atoms in total. The van der Waals surface area contributed by atoms with Gasteiger partial charge in [-0.1, -0.05) is 23.2 Å². The van der Waals surface area contributed by atoms with Crippen LogP contribution in [0.25, 0.3) is 0 Å². The molecule has 0 aliphatic rings. The summed E-state index contributed by atoms with van der Waals surface area (Å²) in [4.78, 5) is 22.5. The van der Waals surface area contributed by atoms with Crippen LogP contribution in [-0.4, -0.2) is 22.7 Å². The van der Waals surface area contributed by atoms with E-state index >= 15 is 0 Å². The molecule has 16 heavy (non-hydrogen) atoms. The molecule has 1 N–H and O–H groups in total. The highest BCUT2D eigenvalue weighted by atomic mass is 35.5. The van der Waals surface area contributed by atoms with Crippen molar-refractivity contribution in [3.8, 4) is 0 Å². The Morgan fingerprint density at radius 1 is 1.56 bits per heavy atom. The number of aryl methyl sites for hydroxylation is 1. The molecule has 0 fully saturated rings. The van der Waals surface area contributed by atoms with Crippen LogP contribution < -0.4 is 10.9 Å². The molecule has 1 heterocycles. The van der Waals surface area contributed by atoms with Crippen LogP contribution in [-0.2, 0) is 11.3 Å². The summed E-state index contributed by atoms with van der Waals surface area (Å²) in [5.41, 5.74) is -0.439. The topological polar surface area (TPSA) is 64.0 Å². The number of carbonyl (C=O) groups excluding carboxylic acids is 1. The van der Waals surface area contributed by atoms with Crippen molar-refractivity contribution in [1.29, 1.82) is 0 Å². The van der Waals surface area contributed by atoms with Gasteiger partial charge in [0.25, 0.3) is 5.56 Å². The molecule has 1 aromatic rings. The van der Waals surface area contributed by atoms with E-state index in [1.165, 1.54) is 10.9 Å². The lowest BCUT2D eigenvalue weighted by Crippen LogP contribution is -2.24. The van der Waals surface area contributed by atoms with Crippen LogP contribution in [0.3, 0.4) is 0 Å². The van der Waals surface area contributed by atoms with Gasteiger partial charge in [0.2, 0.25) is 5.91 Å². The minimum absolute atomic E-state index is 0.0448. The maximum absolute atomic E-state index is 11.5. The second-order valence-electron chi connectivity index (χ2n) is 3.11. The van der Waals surface area contributed by atoms with E-state index in [-0.39, 0.29) is 16.0 Å². The van der Waals surface area contributed by atoms with Crippen LogP contribution in [0.1, 0.15) is 12.8 Å². The molecular formula is C9H11Cl2N3O2. The van der Waals surface area contributed by atoms with Crippen LogP contribution in [0.4, 0.5) is 0 Å². The molecule has 0 unspecified atom stereocenters. The lowest BCUT2D eigenvalue weighted by Gasteiger charge is -2.04. The predicted molar refractivity (Wildman–Crippen MR) is 61.8 cm³/mol. The smallest absolute Gasteiger partial charge is 0.287 e. The fraction of sp³-hybridized carbons (Fsp3) is 0.444. The van der Waals surface area contributed by atoms with Gasteiger partial charge in [0.05, 0.1) is 11.2 Å². The van der Waals surface area contributed by atoms with Gasteiger partial charge >= 0.3 is 0 Å². The van der Waals surface area contributed by atoms with Crippen molar-refractivity contribution in [3.05, 3.63) is 26.6 Å². The first-order valence-corrected chi connectivity index (χ1v) is 5.43. The molecule has 0 saturated carbocycles. The Morgan fingerprint density at radius 3 is 2.88 bits per heavy atom. The van der Waals surface area contributed by atoms with Crippen molar-refractivity contribution in [2.24, 2.45) is 0 Å². The third kappa shape index (κ3) is 3.21. The van der Waals surface area contributed by atoms with Gasteiger partial charge in [0, 0.05) is 20.0 Å². The summed E-state index contributed by atoms with van der Waals surface area (Å²) in [5.74, 6) is -0.0758. The monoisotopic (exact) mass is 263 g/mol. The predicted octanol–water partition coefficient (Wildman–Crippen LogP) is 1.08. The van der Waals surface area contributed by atoms with E-state index in [0.717, 1.165) is 0 Å². The van der Waals surface area contributed by atoms with Crippen LogP contribution in [0.15, 0.2) is 11.0 Å². The second-order valence-corrected chi connectivity index (χ2v) is 3.90. The normalized spacial score (nSPS) is 10.2. The highest BCUT2D eigenvalue weighted by Crippen LogP contribution is 2.14. The minimum Gasteiger partial charge on any atom is -0.359 e. The minimum atomic E-state index is -0.439. The fourth-order valence-corrected chi connectivity index (χ4v) is 1.39. The number of nitrogens with one attached hydrogen (secondary N) is 1. The average molecular weight is 264 g/mol. The van der Waals surface area contributed by atoms with Crippen LogP contribution in [0, 0.1) is 0 Å². The number of hydrogen-bond acceptors (Lipinski definition) is 3. The van der Waals surface area contributed by atoms with Gasteiger partial charge in [0.1, 0.15) is 5.02 Å². The van der Waals surface area contributed by atoms with E-state index in [2.05, 4.69) is 10.4 Å². The summed E-state index contributed by atoms with van der Waals surface area (Å²) < 4.78 is 1.19. The van der Waals surface area contributed by atoms with Crippen molar-refractivity contribution in [3.63, 3.8) is 0 Å². The number of amides is 1. The number of rotatable bonds is 4. The van der Waals surface area contributed by atoms with Crippen molar-refractivity contribution in [2.45, 2.75) is 19.4 Å². The summed E-state index contributed by atoms with van der Waals surface area (Å²) in [6.07, 6.45) is 2.17. The van der Waals surface area contributed by atoms with Crippen LogP contribution >= 0.6 is 23.2 Å². The van der Waals surface area contributed by atoms with Gasteiger partial charge in [-0.15, -0.1) is 0 Å². The van der Waals surface area contributed by atoms with Crippen molar-refractivity contribution in [2.75, 3.05) is 7.05 Å². The van der Waals surface area contributed by atoms with E-state index in [1.807, 2.05) is 0 Å². The van der Waals surface area contributed by atoms with Gasteiger partial charge in [-0.25, -0.2) is 4.68 Å². The van der Waals surface area contributed by atoms with Crippen molar-refractivity contribution < 1.29 is 4.79 Å². The highest BCUT2D eigenvalue weighted by Gasteiger charge is 2.07. The van der Waals surface area contributed by atoms with Gasteiger partial charge in [-0.05, 0) is 6.42 Å². The van der Waals surface area contributed by atoms with E-state index in [9.17, 15) is 9.59 Å². The maximum atomic E-state index is 11.5. The summed E-state index contributed by atoms with van der Waals surface area (Å²) >= 11 is 11.3. The number of hydrogen-bond donors (Lipinski definition) is 1. The first-order valence-electron chi connectivity index (χ1n) is 4.68. The van der Waals surface area contributed by atoms with Crippen LogP contribution in [0.5, 0.6) is 0 Å². The second kappa shape index (κ2) is 5.86. The summed E-state index contributed by atoms with van der Waals surface area (Å²) in [6, 6.07) is 0. The molecule has 0 saturated heterocycles. The number of aromatic nitrogens is 2. The van der Waals surface area contributed by atoms with Crippen LogP contribution in [0.2, 0.25) is 10.0 Å². The molecule has 0 aromatic carbocycles. The van der Waals surface area contributed by atoms with E-state index < -0.39 is 5.56 Å². The molecule has 1 aromatic heterocycles. The van der Waals surface area contributed by atoms with Crippen molar-refractivity contribution >= 4 is 29.1 Å². The summed E-state index contributed by atoms with van der Waals surface area (Å²) in [5, 5.41) is 6.40. The fourth-order valence-electron chi connectivity index (χ4n) is 1.12. The van der Waals surface area contributed by atoms with Gasteiger partial charge in [-0.3, -0.25) is 9.59 Å². The highest BCUT2D eigenvalue weighted by molar-refractivity contribution is 6.41. The Morgan fingerprint density at radius 2 is 2.25 bits per heavy atom. The van der Waals surface area contributed by atoms with Gasteiger partial charge in [0.15, 0.2) is 0 Å². The number of nitrogens with zero attached hydrogens (tertiary/aromatic N) is 2. The van der Waals surface area contributed by atoms with E-state index in [0.29, 0.717) is 19.4 Å². The molecule has 0 bridgehead atoms. The molecule has 1 amide bonds. The molecule has 7 heteroatoms. The van der Waals surface area contributed by atoms with Crippen molar-refractivity contribution in [1.82, 2.24) is 15.1 Å². The Labute approximate surface area is 102 Å². The number of halogens is 2. The number of carbonyl (C=O) groups is 1. The van der Waals surface area contributed by atoms with E-state index in [1.54, 1.807) is 7.05 Å². The molecule has 0 atom stereocenters. The zero-order valence-electron chi connectivity index (χ0n) is 8.67. The molecular weight excluding hydrogens is 253 g/mol. The maximum Gasteiger partial charge on any atom is 0.287 e. The lowest BCUT2D eigenvalue weighted by molar-refractivity contribution is -0.120. The quantitative estimate of drug-likeness (QED) is 0.884. The zero-order valence-corrected chi connectivity index (χ0v) is 10.2. The average Bonchev–Trinajstić information content (AvgIpc) is 2.29. The Kier molecular flexibility index (Phi) is 4.76. The standard InChI is InChI=1S/C9H11Cl2N3O2/c1-12-7(15)3-2-4-14-9(16)8(11)6(10)5-13-14/h5H,2-4H2,1H3,(H,12,15). The third-order valence-electron chi connectivity index (χ3n) is 1.99. The lowest BCUT2D eigenvalue weighted by atomic mass is 10.3.